The van der Waals surface area contributed by atoms with Crippen LogP contribution in [-0.4, -0.2) is 30.7 Å². The highest BCUT2D eigenvalue weighted by atomic mass is 35.5. The number of urea groups is 1. The standard InChI is InChI=1S/C11H12ClN3O3S/c1-18-10(15-11(17)19-2)14-9(16)13-8-5-3-7(12)4-6-8/h3-6H,1-2H3,(H2,13,14,15,16,17). The number of benzene rings is 1. The topological polar surface area (TPSA) is 79.8 Å². The number of ether oxygens (including phenoxy) is 1. The molecule has 0 spiro atoms. The Kier molecular flexibility index (Phi) is 6.17. The van der Waals surface area contributed by atoms with E-state index in [0.29, 0.717) is 10.7 Å². The second kappa shape index (κ2) is 7.65. The second-order valence-electron chi connectivity index (χ2n) is 3.18. The second-order valence-corrected chi connectivity index (χ2v) is 4.37. The van der Waals surface area contributed by atoms with Gasteiger partial charge in [0.2, 0.25) is 0 Å². The van der Waals surface area contributed by atoms with E-state index in [1.165, 1.54) is 7.11 Å². The van der Waals surface area contributed by atoms with E-state index in [2.05, 4.69) is 15.6 Å². The third kappa shape index (κ3) is 5.62. The Balaban J connectivity index is 2.61. The number of nitrogens with one attached hydrogen (secondary N) is 2. The Hall–Kier alpha value is -1.73. The molecule has 0 radical (unpaired) electrons. The number of anilines is 1. The quantitative estimate of drug-likeness (QED) is 0.617. The number of aliphatic imine (C=N–C) groups is 1. The van der Waals surface area contributed by atoms with Crippen LogP contribution in [0.5, 0.6) is 0 Å². The van der Waals surface area contributed by atoms with Crippen molar-refractivity contribution in [1.29, 1.82) is 0 Å². The van der Waals surface area contributed by atoms with Crippen molar-refractivity contribution in [2.24, 2.45) is 4.99 Å². The third-order valence-electron chi connectivity index (χ3n) is 1.88. The lowest BCUT2D eigenvalue weighted by Gasteiger charge is -2.08. The number of hydrogen-bond donors (Lipinski definition) is 2. The maximum Gasteiger partial charge on any atom is 0.327 e. The number of hydrogen-bond acceptors (Lipinski definition) is 4. The number of amides is 3. The Morgan fingerprint density at radius 2 is 1.95 bits per heavy atom. The van der Waals surface area contributed by atoms with Gasteiger partial charge in [-0.3, -0.25) is 10.1 Å². The zero-order valence-electron chi connectivity index (χ0n) is 10.3. The van der Waals surface area contributed by atoms with E-state index in [1.54, 1.807) is 30.5 Å². The summed E-state index contributed by atoms with van der Waals surface area (Å²) < 4.78 is 4.77. The summed E-state index contributed by atoms with van der Waals surface area (Å²) in [4.78, 5) is 26.2. The predicted molar refractivity (Wildman–Crippen MR) is 77.0 cm³/mol. The molecule has 0 saturated heterocycles. The molecule has 0 unspecified atom stereocenters. The lowest BCUT2D eigenvalue weighted by Crippen LogP contribution is -2.35. The molecule has 0 saturated carbocycles. The molecule has 8 heteroatoms. The first kappa shape index (κ1) is 15.3. The lowest BCUT2D eigenvalue weighted by molar-refractivity contribution is 0.253. The molecule has 0 aromatic heterocycles. The van der Waals surface area contributed by atoms with Gasteiger partial charge < -0.3 is 10.1 Å². The molecule has 0 aliphatic rings. The fourth-order valence-electron chi connectivity index (χ4n) is 1.05. The van der Waals surface area contributed by atoms with Crippen molar-refractivity contribution in [3.63, 3.8) is 0 Å². The van der Waals surface area contributed by atoms with Crippen molar-refractivity contribution in [2.75, 3.05) is 18.7 Å². The molecule has 1 aromatic carbocycles. The molecule has 0 aliphatic carbocycles. The highest BCUT2D eigenvalue weighted by Crippen LogP contribution is 2.13. The number of carbonyl (C=O) groups excluding carboxylic acids is 2. The van der Waals surface area contributed by atoms with Crippen molar-refractivity contribution in [3.05, 3.63) is 29.3 Å². The highest BCUT2D eigenvalue weighted by molar-refractivity contribution is 8.13. The van der Waals surface area contributed by atoms with Crippen molar-refractivity contribution in [1.82, 2.24) is 5.32 Å². The SMILES string of the molecule is COC(=NC(=O)SC)NC(=O)Nc1ccc(Cl)cc1. The number of carbonyl (C=O) groups is 2. The van der Waals surface area contributed by atoms with Crippen molar-refractivity contribution < 1.29 is 14.3 Å². The van der Waals surface area contributed by atoms with Gasteiger partial charge in [0.25, 0.3) is 0 Å². The van der Waals surface area contributed by atoms with Gasteiger partial charge in [0.05, 0.1) is 7.11 Å². The number of methoxy groups -OCH3 is 1. The van der Waals surface area contributed by atoms with Gasteiger partial charge in [-0.25, -0.2) is 4.79 Å². The van der Waals surface area contributed by atoms with Crippen LogP contribution in [0.3, 0.4) is 0 Å². The van der Waals surface area contributed by atoms with Gasteiger partial charge in [0.1, 0.15) is 0 Å². The molecular weight excluding hydrogens is 290 g/mol. The smallest absolute Gasteiger partial charge is 0.327 e. The molecule has 3 amide bonds. The molecule has 0 fully saturated rings. The Bertz CT molecular complexity index is 490. The van der Waals surface area contributed by atoms with E-state index in [-0.39, 0.29) is 6.02 Å². The fraction of sp³-hybridized carbons (Fsp3) is 0.182. The molecule has 0 aliphatic heterocycles. The molecule has 2 N–H and O–H groups in total. The summed E-state index contributed by atoms with van der Waals surface area (Å²) >= 11 is 6.63. The van der Waals surface area contributed by atoms with E-state index in [4.69, 9.17) is 16.3 Å². The van der Waals surface area contributed by atoms with Crippen molar-refractivity contribution >= 4 is 46.3 Å². The van der Waals surface area contributed by atoms with Crippen LogP contribution < -0.4 is 10.6 Å². The molecule has 0 atom stereocenters. The molecule has 0 heterocycles. The Morgan fingerprint density at radius 3 is 2.47 bits per heavy atom. The van der Waals surface area contributed by atoms with E-state index in [1.807, 2.05) is 0 Å². The average molecular weight is 302 g/mol. The van der Waals surface area contributed by atoms with E-state index >= 15 is 0 Å². The van der Waals surface area contributed by atoms with Crippen molar-refractivity contribution in [2.45, 2.75) is 0 Å². The summed E-state index contributed by atoms with van der Waals surface area (Å²) in [6.45, 7) is 0. The van der Waals surface area contributed by atoms with Crippen LogP contribution in [0.2, 0.25) is 5.02 Å². The largest absolute Gasteiger partial charge is 0.468 e. The first-order valence-electron chi connectivity index (χ1n) is 5.09. The van der Waals surface area contributed by atoms with Gasteiger partial charge in [0, 0.05) is 10.7 Å². The number of rotatable bonds is 1. The Morgan fingerprint density at radius 1 is 1.32 bits per heavy atom. The number of halogens is 1. The molecule has 0 bridgehead atoms. The number of nitrogens with zero attached hydrogens (tertiary/aromatic N) is 1. The number of amidine groups is 1. The average Bonchev–Trinajstić information content (AvgIpc) is 2.40. The lowest BCUT2D eigenvalue weighted by atomic mass is 10.3. The van der Waals surface area contributed by atoms with Crippen LogP contribution >= 0.6 is 23.4 Å². The molecular formula is C11H12ClN3O3S. The summed E-state index contributed by atoms with van der Waals surface area (Å²) in [5.41, 5.74) is 0.550. The van der Waals surface area contributed by atoms with Crippen LogP contribution in [0, 0.1) is 0 Å². The molecule has 102 valence electrons. The predicted octanol–water partition coefficient (Wildman–Crippen LogP) is 2.95. The van der Waals surface area contributed by atoms with Gasteiger partial charge in [0.15, 0.2) is 0 Å². The Labute approximate surface area is 119 Å². The van der Waals surface area contributed by atoms with Crippen LogP contribution in [-0.2, 0) is 4.74 Å². The monoisotopic (exact) mass is 301 g/mol. The summed E-state index contributed by atoms with van der Waals surface area (Å²) in [6, 6.07) is 5.80. The minimum atomic E-state index is -0.572. The van der Waals surface area contributed by atoms with Crippen LogP contribution in [0.25, 0.3) is 0 Å². The molecule has 6 nitrogen and oxygen atoms in total. The first-order chi connectivity index (χ1) is 9.05. The first-order valence-corrected chi connectivity index (χ1v) is 6.69. The zero-order chi connectivity index (χ0) is 14.3. The minimum absolute atomic E-state index is 0.175. The van der Waals surface area contributed by atoms with E-state index < -0.39 is 11.3 Å². The summed E-state index contributed by atoms with van der Waals surface area (Å²) in [6.07, 6.45) is 1.58. The van der Waals surface area contributed by atoms with Gasteiger partial charge in [-0.05, 0) is 30.5 Å². The molecule has 1 rings (SSSR count). The maximum atomic E-state index is 11.6. The maximum absolute atomic E-state index is 11.6. The van der Waals surface area contributed by atoms with Crippen LogP contribution in [0.4, 0.5) is 15.3 Å². The van der Waals surface area contributed by atoms with Crippen LogP contribution in [0.1, 0.15) is 0 Å². The van der Waals surface area contributed by atoms with Gasteiger partial charge in [-0.2, -0.15) is 4.99 Å². The minimum Gasteiger partial charge on any atom is -0.468 e. The summed E-state index contributed by atoms with van der Waals surface area (Å²) in [7, 11) is 1.30. The van der Waals surface area contributed by atoms with E-state index in [0.717, 1.165) is 11.8 Å². The van der Waals surface area contributed by atoms with E-state index in [9.17, 15) is 9.59 Å². The zero-order valence-corrected chi connectivity index (χ0v) is 11.8. The van der Waals surface area contributed by atoms with Gasteiger partial charge in [-0.15, -0.1) is 0 Å². The molecule has 1 aromatic rings. The van der Waals surface area contributed by atoms with Gasteiger partial charge >= 0.3 is 17.3 Å². The number of thioether (sulfide) groups is 1. The fourth-order valence-corrected chi connectivity index (χ4v) is 1.35. The third-order valence-corrected chi connectivity index (χ3v) is 2.58. The highest BCUT2D eigenvalue weighted by Gasteiger charge is 2.08. The summed E-state index contributed by atoms with van der Waals surface area (Å²) in [5, 5.41) is 4.94. The van der Waals surface area contributed by atoms with Gasteiger partial charge in [-0.1, -0.05) is 23.4 Å². The normalized spacial score (nSPS) is 10.8. The summed E-state index contributed by atoms with van der Waals surface area (Å²) in [5.74, 6) is 0. The molecule has 19 heavy (non-hydrogen) atoms. The van der Waals surface area contributed by atoms with Crippen molar-refractivity contribution in [3.8, 4) is 0 Å². The van der Waals surface area contributed by atoms with Crippen LogP contribution in [0.15, 0.2) is 29.3 Å².